The molecule has 1 aromatic carbocycles. The summed E-state index contributed by atoms with van der Waals surface area (Å²) in [4.78, 5) is 0.265. The van der Waals surface area contributed by atoms with Crippen molar-refractivity contribution in [3.05, 3.63) is 28.2 Å². The molecule has 0 aliphatic heterocycles. The second-order valence-electron chi connectivity index (χ2n) is 5.16. The molecule has 1 aliphatic carbocycles. The zero-order valence-corrected chi connectivity index (χ0v) is 13.2. The molecule has 0 bridgehead atoms. The molecule has 0 heterocycles. The van der Waals surface area contributed by atoms with E-state index in [4.69, 9.17) is 0 Å². The van der Waals surface area contributed by atoms with Crippen LogP contribution in [0.1, 0.15) is 31.2 Å². The Morgan fingerprint density at radius 1 is 1.37 bits per heavy atom. The van der Waals surface area contributed by atoms with Crippen LogP contribution in [-0.4, -0.2) is 25.7 Å². The Kier molecular flexibility index (Phi) is 4.35. The fourth-order valence-corrected chi connectivity index (χ4v) is 4.78. The van der Waals surface area contributed by atoms with E-state index >= 15 is 0 Å². The molecule has 0 spiro atoms. The Morgan fingerprint density at radius 3 is 2.58 bits per heavy atom. The number of aliphatic hydroxyl groups is 1. The Morgan fingerprint density at radius 2 is 2.00 bits per heavy atom. The lowest BCUT2D eigenvalue weighted by atomic mass is 10.0. The number of aryl methyl sites for hydroxylation is 1. The Bertz CT molecular complexity index is 565. The first kappa shape index (κ1) is 15.0. The summed E-state index contributed by atoms with van der Waals surface area (Å²) in [6.45, 7) is 1.61. The van der Waals surface area contributed by atoms with Crippen LogP contribution in [0.15, 0.2) is 27.6 Å². The van der Waals surface area contributed by atoms with Crippen molar-refractivity contribution in [1.29, 1.82) is 0 Å². The standard InChI is InChI=1S/C13H18BrNO3S/c1-10-4-5-11(14)8-12(10)19(17,18)15-13(9-16)6-2-3-7-13/h4-5,8,15-16H,2-3,6-7,9H2,1H3. The van der Waals surface area contributed by atoms with Gasteiger partial charge in [-0.1, -0.05) is 34.8 Å². The van der Waals surface area contributed by atoms with E-state index in [1.807, 2.05) is 6.07 Å². The van der Waals surface area contributed by atoms with Crippen molar-refractivity contribution in [2.24, 2.45) is 0 Å². The lowest BCUT2D eigenvalue weighted by molar-refractivity contribution is 0.185. The summed E-state index contributed by atoms with van der Waals surface area (Å²) in [6.07, 6.45) is 3.27. The van der Waals surface area contributed by atoms with E-state index in [-0.39, 0.29) is 11.5 Å². The molecule has 4 nitrogen and oxygen atoms in total. The molecule has 2 N–H and O–H groups in total. The number of benzene rings is 1. The molecule has 0 unspecified atom stereocenters. The van der Waals surface area contributed by atoms with Crippen LogP contribution in [0.5, 0.6) is 0 Å². The van der Waals surface area contributed by atoms with E-state index in [1.54, 1.807) is 19.1 Å². The van der Waals surface area contributed by atoms with Crippen LogP contribution >= 0.6 is 15.9 Å². The van der Waals surface area contributed by atoms with Gasteiger partial charge in [-0.2, -0.15) is 0 Å². The van der Waals surface area contributed by atoms with Gasteiger partial charge in [0.25, 0.3) is 0 Å². The van der Waals surface area contributed by atoms with Gasteiger partial charge in [-0.05, 0) is 37.5 Å². The van der Waals surface area contributed by atoms with Crippen LogP contribution in [0.25, 0.3) is 0 Å². The number of aliphatic hydroxyl groups excluding tert-OH is 1. The van der Waals surface area contributed by atoms with Crippen molar-refractivity contribution < 1.29 is 13.5 Å². The molecule has 1 aromatic rings. The minimum Gasteiger partial charge on any atom is -0.394 e. The van der Waals surface area contributed by atoms with Crippen LogP contribution in [0.3, 0.4) is 0 Å². The Hall–Kier alpha value is -0.430. The first-order valence-corrected chi connectivity index (χ1v) is 8.57. The number of hydrogen-bond acceptors (Lipinski definition) is 3. The molecule has 1 aliphatic rings. The molecular weight excluding hydrogens is 330 g/mol. The van der Waals surface area contributed by atoms with E-state index in [9.17, 15) is 13.5 Å². The smallest absolute Gasteiger partial charge is 0.241 e. The summed E-state index contributed by atoms with van der Waals surface area (Å²) in [5, 5.41) is 9.51. The number of nitrogens with one attached hydrogen (secondary N) is 1. The summed E-state index contributed by atoms with van der Waals surface area (Å²) in [6, 6.07) is 5.17. The van der Waals surface area contributed by atoms with Gasteiger partial charge in [0.1, 0.15) is 0 Å². The highest BCUT2D eigenvalue weighted by Crippen LogP contribution is 2.31. The van der Waals surface area contributed by atoms with E-state index in [0.717, 1.165) is 17.3 Å². The fraction of sp³-hybridized carbons (Fsp3) is 0.538. The monoisotopic (exact) mass is 347 g/mol. The summed E-state index contributed by atoms with van der Waals surface area (Å²) in [7, 11) is -3.61. The van der Waals surface area contributed by atoms with Crippen molar-refractivity contribution in [2.75, 3.05) is 6.61 Å². The third kappa shape index (κ3) is 3.18. The predicted molar refractivity (Wildman–Crippen MR) is 77.5 cm³/mol. The number of rotatable bonds is 4. The predicted octanol–water partition coefficient (Wildman–Crippen LogP) is 2.34. The van der Waals surface area contributed by atoms with E-state index in [1.165, 1.54) is 0 Å². The first-order chi connectivity index (χ1) is 8.88. The van der Waals surface area contributed by atoms with Gasteiger partial charge in [0.15, 0.2) is 0 Å². The molecule has 0 saturated heterocycles. The van der Waals surface area contributed by atoms with Gasteiger partial charge >= 0.3 is 0 Å². The zero-order valence-electron chi connectivity index (χ0n) is 10.8. The molecule has 1 saturated carbocycles. The number of hydrogen-bond donors (Lipinski definition) is 2. The van der Waals surface area contributed by atoms with E-state index in [2.05, 4.69) is 20.7 Å². The van der Waals surface area contributed by atoms with Crippen LogP contribution in [-0.2, 0) is 10.0 Å². The summed E-state index contributed by atoms with van der Waals surface area (Å²) in [5.74, 6) is 0. The van der Waals surface area contributed by atoms with Gasteiger partial charge in [-0.25, -0.2) is 13.1 Å². The first-order valence-electron chi connectivity index (χ1n) is 6.30. The molecule has 0 amide bonds. The molecule has 19 heavy (non-hydrogen) atoms. The average Bonchev–Trinajstić information content (AvgIpc) is 2.80. The summed E-state index contributed by atoms with van der Waals surface area (Å²) < 4.78 is 28.4. The summed E-state index contributed by atoms with van der Waals surface area (Å²) >= 11 is 3.29. The van der Waals surface area contributed by atoms with Gasteiger partial charge in [-0.3, -0.25) is 0 Å². The maximum Gasteiger partial charge on any atom is 0.241 e. The minimum absolute atomic E-state index is 0.153. The average molecular weight is 348 g/mol. The third-order valence-electron chi connectivity index (χ3n) is 3.65. The Labute approximate surface area is 122 Å². The Balaban J connectivity index is 2.34. The highest BCUT2D eigenvalue weighted by Gasteiger charge is 2.37. The van der Waals surface area contributed by atoms with Crippen molar-refractivity contribution in [1.82, 2.24) is 4.72 Å². The van der Waals surface area contributed by atoms with Crippen molar-refractivity contribution >= 4 is 26.0 Å². The van der Waals surface area contributed by atoms with Crippen LogP contribution < -0.4 is 4.72 Å². The lowest BCUT2D eigenvalue weighted by Gasteiger charge is -2.28. The minimum atomic E-state index is -3.61. The fourth-order valence-electron chi connectivity index (χ4n) is 2.55. The third-order valence-corrected chi connectivity index (χ3v) is 5.87. The molecule has 6 heteroatoms. The molecular formula is C13H18BrNO3S. The van der Waals surface area contributed by atoms with Gasteiger partial charge in [0.05, 0.1) is 17.0 Å². The summed E-state index contributed by atoms with van der Waals surface area (Å²) in [5.41, 5.74) is 0.00919. The quantitative estimate of drug-likeness (QED) is 0.878. The molecule has 1 fully saturated rings. The SMILES string of the molecule is Cc1ccc(Br)cc1S(=O)(=O)NC1(CO)CCCC1. The van der Waals surface area contributed by atoms with Gasteiger partial charge < -0.3 is 5.11 Å². The number of halogens is 1. The number of sulfonamides is 1. The topological polar surface area (TPSA) is 66.4 Å². The molecule has 106 valence electrons. The van der Waals surface area contributed by atoms with Gasteiger partial charge in [0, 0.05) is 4.47 Å². The van der Waals surface area contributed by atoms with Crippen LogP contribution in [0.4, 0.5) is 0 Å². The molecule has 0 aromatic heterocycles. The highest BCUT2D eigenvalue weighted by molar-refractivity contribution is 9.10. The lowest BCUT2D eigenvalue weighted by Crippen LogP contribution is -2.49. The van der Waals surface area contributed by atoms with E-state index < -0.39 is 15.6 Å². The molecule has 0 atom stereocenters. The van der Waals surface area contributed by atoms with Crippen molar-refractivity contribution in [3.63, 3.8) is 0 Å². The van der Waals surface area contributed by atoms with Gasteiger partial charge in [0.2, 0.25) is 10.0 Å². The normalized spacial score (nSPS) is 18.7. The zero-order chi connectivity index (χ0) is 14.1. The van der Waals surface area contributed by atoms with E-state index in [0.29, 0.717) is 18.4 Å². The highest BCUT2D eigenvalue weighted by atomic mass is 79.9. The second-order valence-corrected chi connectivity index (χ2v) is 7.73. The molecule has 2 rings (SSSR count). The van der Waals surface area contributed by atoms with Crippen molar-refractivity contribution in [2.45, 2.75) is 43.0 Å². The molecule has 0 radical (unpaired) electrons. The van der Waals surface area contributed by atoms with Crippen LogP contribution in [0, 0.1) is 6.92 Å². The second kappa shape index (κ2) is 5.52. The van der Waals surface area contributed by atoms with Crippen LogP contribution in [0.2, 0.25) is 0 Å². The van der Waals surface area contributed by atoms with Crippen molar-refractivity contribution in [3.8, 4) is 0 Å². The van der Waals surface area contributed by atoms with Gasteiger partial charge in [-0.15, -0.1) is 0 Å². The largest absolute Gasteiger partial charge is 0.394 e. The maximum absolute atomic E-state index is 12.5. The maximum atomic E-state index is 12.5.